The van der Waals surface area contributed by atoms with Gasteiger partial charge in [-0.25, -0.2) is 9.97 Å². The van der Waals surface area contributed by atoms with Crippen molar-refractivity contribution < 1.29 is 9.53 Å². The number of amides is 1. The van der Waals surface area contributed by atoms with E-state index < -0.39 is 0 Å². The number of carbonyl (C=O) groups excluding carboxylic acids is 1. The molecule has 0 radical (unpaired) electrons. The van der Waals surface area contributed by atoms with Crippen LogP contribution in [0, 0.1) is 0 Å². The zero-order chi connectivity index (χ0) is 17.1. The summed E-state index contributed by atoms with van der Waals surface area (Å²) < 4.78 is 5.54. The molecule has 8 heteroatoms. The molecule has 0 spiro atoms. The number of ether oxygens (including phenoxy) is 1. The van der Waals surface area contributed by atoms with E-state index in [1.54, 1.807) is 17.7 Å². The summed E-state index contributed by atoms with van der Waals surface area (Å²) in [6.07, 6.45) is 3.99. The molecule has 2 aliphatic heterocycles. The minimum atomic E-state index is 0.0891. The fourth-order valence-electron chi connectivity index (χ4n) is 3.44. The maximum absolute atomic E-state index is 12.1. The molecular weight excluding hydrogens is 338 g/mol. The molecule has 0 saturated carbocycles. The molecule has 2 saturated heterocycles. The van der Waals surface area contributed by atoms with E-state index in [0.29, 0.717) is 13.1 Å². The summed E-state index contributed by atoms with van der Waals surface area (Å²) in [5.41, 5.74) is 0. The van der Waals surface area contributed by atoms with Crippen LogP contribution in [-0.2, 0) is 9.53 Å². The summed E-state index contributed by atoms with van der Waals surface area (Å²) in [6.45, 7) is 5.39. The standard InChI is InChI=1S/C17H23N5O2S/c23-15(18-10-13-2-1-8-24-13)11-21-4-6-22(7-5-21)16-14-3-9-25-17(14)20-12-19-16/h3,9,12-13H,1-2,4-8,10-11H2,(H,18,23)/t13-/m1/s1. The van der Waals surface area contributed by atoms with Gasteiger partial charge < -0.3 is 15.0 Å². The first-order valence-corrected chi connectivity index (χ1v) is 9.71. The molecule has 2 aromatic heterocycles. The van der Waals surface area contributed by atoms with Crippen molar-refractivity contribution in [3.05, 3.63) is 17.8 Å². The van der Waals surface area contributed by atoms with Crippen LogP contribution in [0.3, 0.4) is 0 Å². The maximum Gasteiger partial charge on any atom is 0.234 e. The number of anilines is 1. The number of nitrogens with zero attached hydrogens (tertiary/aromatic N) is 4. The van der Waals surface area contributed by atoms with Gasteiger partial charge in [0.25, 0.3) is 0 Å². The van der Waals surface area contributed by atoms with Crippen molar-refractivity contribution in [2.75, 3.05) is 50.8 Å². The Morgan fingerprint density at radius 1 is 1.32 bits per heavy atom. The predicted molar refractivity (Wildman–Crippen MR) is 98.1 cm³/mol. The van der Waals surface area contributed by atoms with Crippen LogP contribution in [0.25, 0.3) is 10.2 Å². The van der Waals surface area contributed by atoms with Crippen molar-refractivity contribution in [1.82, 2.24) is 20.2 Å². The number of thiophene rings is 1. The fraction of sp³-hybridized carbons (Fsp3) is 0.588. The highest BCUT2D eigenvalue weighted by Gasteiger charge is 2.22. The molecule has 0 bridgehead atoms. The number of rotatable bonds is 5. The number of hydrogen-bond acceptors (Lipinski definition) is 7. The predicted octanol–water partition coefficient (Wildman–Crippen LogP) is 1.11. The summed E-state index contributed by atoms with van der Waals surface area (Å²) in [6, 6.07) is 2.08. The monoisotopic (exact) mass is 361 g/mol. The van der Waals surface area contributed by atoms with Crippen LogP contribution in [-0.4, -0.2) is 72.8 Å². The smallest absolute Gasteiger partial charge is 0.234 e. The van der Waals surface area contributed by atoms with Crippen molar-refractivity contribution >= 4 is 33.3 Å². The van der Waals surface area contributed by atoms with Gasteiger partial charge in [0.1, 0.15) is 17.0 Å². The second-order valence-corrected chi connectivity index (χ2v) is 7.43. The average molecular weight is 361 g/mol. The Balaban J connectivity index is 1.26. The third-order valence-corrected chi connectivity index (χ3v) is 5.65. The highest BCUT2D eigenvalue weighted by Crippen LogP contribution is 2.27. The Labute approximate surface area is 151 Å². The molecule has 2 aliphatic rings. The van der Waals surface area contributed by atoms with Crippen molar-refractivity contribution in [2.45, 2.75) is 18.9 Å². The summed E-state index contributed by atoms with van der Waals surface area (Å²) in [4.78, 5) is 26.4. The number of hydrogen-bond donors (Lipinski definition) is 1. The lowest BCUT2D eigenvalue weighted by molar-refractivity contribution is -0.122. The number of nitrogens with one attached hydrogen (secondary N) is 1. The van der Waals surface area contributed by atoms with Gasteiger partial charge >= 0.3 is 0 Å². The molecule has 0 aliphatic carbocycles. The van der Waals surface area contributed by atoms with Gasteiger partial charge in [-0.05, 0) is 24.3 Å². The maximum atomic E-state index is 12.1. The summed E-state index contributed by atoms with van der Waals surface area (Å²) in [7, 11) is 0. The first-order chi connectivity index (χ1) is 12.3. The SMILES string of the molecule is O=C(CN1CCN(c2ncnc3sccc23)CC1)NC[C@H]1CCCO1. The second kappa shape index (κ2) is 7.63. The highest BCUT2D eigenvalue weighted by molar-refractivity contribution is 7.16. The molecule has 1 N–H and O–H groups in total. The minimum absolute atomic E-state index is 0.0891. The van der Waals surface area contributed by atoms with Gasteiger partial charge in [-0.1, -0.05) is 0 Å². The third-order valence-electron chi connectivity index (χ3n) is 4.83. The van der Waals surface area contributed by atoms with E-state index in [1.165, 1.54) is 0 Å². The van der Waals surface area contributed by atoms with Crippen molar-refractivity contribution in [1.29, 1.82) is 0 Å². The van der Waals surface area contributed by atoms with Crippen LogP contribution < -0.4 is 10.2 Å². The Morgan fingerprint density at radius 3 is 3.00 bits per heavy atom. The van der Waals surface area contributed by atoms with Crippen LogP contribution in [0.1, 0.15) is 12.8 Å². The molecular formula is C17H23N5O2S. The van der Waals surface area contributed by atoms with Crippen LogP contribution in [0.15, 0.2) is 17.8 Å². The Hall–Kier alpha value is -1.77. The van der Waals surface area contributed by atoms with Crippen LogP contribution in [0.4, 0.5) is 5.82 Å². The van der Waals surface area contributed by atoms with E-state index in [-0.39, 0.29) is 12.0 Å². The lowest BCUT2D eigenvalue weighted by Crippen LogP contribution is -2.50. The molecule has 134 valence electrons. The van der Waals surface area contributed by atoms with Crippen LogP contribution in [0.5, 0.6) is 0 Å². The average Bonchev–Trinajstić information content (AvgIpc) is 3.32. The van der Waals surface area contributed by atoms with Crippen molar-refractivity contribution in [2.24, 2.45) is 0 Å². The molecule has 0 unspecified atom stereocenters. The third kappa shape index (κ3) is 3.91. The molecule has 2 aromatic rings. The van der Waals surface area contributed by atoms with E-state index in [0.717, 1.165) is 61.7 Å². The number of piperazine rings is 1. The summed E-state index contributed by atoms with van der Waals surface area (Å²) in [5.74, 6) is 1.10. The number of fused-ring (bicyclic) bond motifs is 1. The lowest BCUT2D eigenvalue weighted by atomic mass is 10.2. The first-order valence-electron chi connectivity index (χ1n) is 8.83. The van der Waals surface area contributed by atoms with Crippen molar-refractivity contribution in [3.63, 3.8) is 0 Å². The largest absolute Gasteiger partial charge is 0.376 e. The van der Waals surface area contributed by atoms with Gasteiger partial charge in [-0.15, -0.1) is 11.3 Å². The summed E-state index contributed by atoms with van der Waals surface area (Å²) in [5, 5.41) is 6.17. The second-order valence-electron chi connectivity index (χ2n) is 6.54. The summed E-state index contributed by atoms with van der Waals surface area (Å²) >= 11 is 1.64. The number of carbonyl (C=O) groups is 1. The molecule has 25 heavy (non-hydrogen) atoms. The van der Waals surface area contributed by atoms with Gasteiger partial charge in [-0.3, -0.25) is 9.69 Å². The van der Waals surface area contributed by atoms with Gasteiger partial charge in [0.2, 0.25) is 5.91 Å². The lowest BCUT2D eigenvalue weighted by Gasteiger charge is -2.35. The molecule has 1 amide bonds. The molecule has 2 fully saturated rings. The van der Waals surface area contributed by atoms with Crippen LogP contribution >= 0.6 is 11.3 Å². The van der Waals surface area contributed by atoms with E-state index in [9.17, 15) is 4.79 Å². The molecule has 1 atom stereocenters. The van der Waals surface area contributed by atoms with Gasteiger partial charge in [-0.2, -0.15) is 0 Å². The Morgan fingerprint density at radius 2 is 2.20 bits per heavy atom. The molecule has 0 aromatic carbocycles. The Kier molecular flexibility index (Phi) is 5.09. The molecule has 4 rings (SSSR count). The first kappa shape index (κ1) is 16.7. The zero-order valence-electron chi connectivity index (χ0n) is 14.2. The zero-order valence-corrected chi connectivity index (χ0v) is 15.0. The van der Waals surface area contributed by atoms with Crippen LogP contribution in [0.2, 0.25) is 0 Å². The quantitative estimate of drug-likeness (QED) is 0.860. The van der Waals surface area contributed by atoms with Gasteiger partial charge in [0.05, 0.1) is 18.0 Å². The van der Waals surface area contributed by atoms with Gasteiger partial charge in [0.15, 0.2) is 0 Å². The minimum Gasteiger partial charge on any atom is -0.376 e. The highest BCUT2D eigenvalue weighted by atomic mass is 32.1. The number of aromatic nitrogens is 2. The van der Waals surface area contributed by atoms with E-state index in [1.807, 2.05) is 0 Å². The van der Waals surface area contributed by atoms with E-state index in [4.69, 9.17) is 4.74 Å². The van der Waals surface area contributed by atoms with Crippen molar-refractivity contribution in [3.8, 4) is 0 Å². The molecule has 4 heterocycles. The normalized spacial score (nSPS) is 21.8. The van der Waals surface area contributed by atoms with E-state index >= 15 is 0 Å². The Bertz CT molecular complexity index is 723. The topological polar surface area (TPSA) is 70.6 Å². The fourth-order valence-corrected chi connectivity index (χ4v) is 4.17. The van der Waals surface area contributed by atoms with E-state index in [2.05, 4.69) is 36.5 Å². The van der Waals surface area contributed by atoms with Gasteiger partial charge in [0, 0.05) is 39.3 Å². The molecule has 7 nitrogen and oxygen atoms in total.